The molecule has 1 unspecified atom stereocenters. The van der Waals surface area contributed by atoms with E-state index in [-0.39, 0.29) is 6.10 Å². The molecule has 0 saturated heterocycles. The van der Waals surface area contributed by atoms with Crippen LogP contribution in [0.4, 0.5) is 0 Å². The molecule has 0 aromatic carbocycles. The number of aliphatic hydroxyl groups is 1. The zero-order valence-electron chi connectivity index (χ0n) is 12.1. The van der Waals surface area contributed by atoms with Gasteiger partial charge in [0.05, 0.1) is 12.7 Å². The molecule has 2 N–H and O–H groups in total. The van der Waals surface area contributed by atoms with Gasteiger partial charge in [-0.05, 0) is 37.8 Å². The van der Waals surface area contributed by atoms with Crippen molar-refractivity contribution in [3.05, 3.63) is 0 Å². The Bertz CT molecular complexity index is 159. The van der Waals surface area contributed by atoms with E-state index in [1.54, 1.807) is 0 Å². The lowest BCUT2D eigenvalue weighted by Gasteiger charge is -2.12. The fourth-order valence-corrected chi connectivity index (χ4v) is 2.14. The van der Waals surface area contributed by atoms with Gasteiger partial charge in [-0.3, -0.25) is 0 Å². The lowest BCUT2D eigenvalue weighted by molar-refractivity contribution is 0.0360. The highest BCUT2D eigenvalue weighted by Crippen LogP contribution is 2.03. The molecule has 0 radical (unpaired) electrons. The molecular formula is C14H31NO2S. The molecule has 110 valence electrons. The average molecular weight is 277 g/mol. The normalized spacial score (nSPS) is 12.8. The average Bonchev–Trinajstić information content (AvgIpc) is 2.38. The molecule has 3 nitrogen and oxygen atoms in total. The summed E-state index contributed by atoms with van der Waals surface area (Å²) in [4.78, 5) is 0. The number of hydrogen-bond acceptors (Lipinski definition) is 4. The van der Waals surface area contributed by atoms with E-state index in [0.717, 1.165) is 26.0 Å². The molecule has 0 aromatic heterocycles. The third-order valence-electron chi connectivity index (χ3n) is 2.78. The summed E-state index contributed by atoms with van der Waals surface area (Å²) in [6.45, 7) is 5.02. The second-order valence-corrected chi connectivity index (χ2v) is 5.68. The standard InChI is InChI=1S/C14H31NO2S/c1-3-4-10-17-13-14(16)12-15-9-7-5-6-8-11-18-2/h14-16H,3-13H2,1-2H3. The van der Waals surface area contributed by atoms with Crippen LogP contribution in [0, 0.1) is 0 Å². The Morgan fingerprint density at radius 1 is 1.17 bits per heavy atom. The topological polar surface area (TPSA) is 41.5 Å². The van der Waals surface area contributed by atoms with Gasteiger partial charge in [-0.2, -0.15) is 11.8 Å². The maximum Gasteiger partial charge on any atom is 0.0897 e. The first-order chi connectivity index (χ1) is 8.81. The smallest absolute Gasteiger partial charge is 0.0897 e. The third kappa shape index (κ3) is 14.3. The molecule has 0 fully saturated rings. The van der Waals surface area contributed by atoms with Crippen molar-refractivity contribution in [3.63, 3.8) is 0 Å². The fourth-order valence-electron chi connectivity index (χ4n) is 1.64. The molecule has 4 heteroatoms. The first-order valence-corrected chi connectivity index (χ1v) is 8.66. The predicted octanol–water partition coefficient (Wildman–Crippen LogP) is 2.68. The minimum Gasteiger partial charge on any atom is -0.389 e. The van der Waals surface area contributed by atoms with Crippen LogP contribution in [0.2, 0.25) is 0 Å². The summed E-state index contributed by atoms with van der Waals surface area (Å²) in [5.74, 6) is 1.28. The van der Waals surface area contributed by atoms with Crippen LogP contribution >= 0.6 is 11.8 Å². The largest absolute Gasteiger partial charge is 0.389 e. The molecule has 18 heavy (non-hydrogen) atoms. The zero-order valence-corrected chi connectivity index (χ0v) is 12.9. The van der Waals surface area contributed by atoms with Crippen LogP contribution in [-0.2, 0) is 4.74 Å². The van der Waals surface area contributed by atoms with Gasteiger partial charge < -0.3 is 15.2 Å². The minimum absolute atomic E-state index is 0.363. The second kappa shape index (κ2) is 15.3. The third-order valence-corrected chi connectivity index (χ3v) is 3.48. The summed E-state index contributed by atoms with van der Waals surface area (Å²) < 4.78 is 5.37. The van der Waals surface area contributed by atoms with Crippen molar-refractivity contribution in [1.82, 2.24) is 5.32 Å². The van der Waals surface area contributed by atoms with Gasteiger partial charge in [-0.15, -0.1) is 0 Å². The van der Waals surface area contributed by atoms with E-state index in [2.05, 4.69) is 18.5 Å². The highest BCUT2D eigenvalue weighted by atomic mass is 32.2. The summed E-state index contributed by atoms with van der Waals surface area (Å²) in [5, 5.41) is 12.9. The summed E-state index contributed by atoms with van der Waals surface area (Å²) in [5.41, 5.74) is 0. The van der Waals surface area contributed by atoms with Crippen molar-refractivity contribution < 1.29 is 9.84 Å². The van der Waals surface area contributed by atoms with Gasteiger partial charge in [0.2, 0.25) is 0 Å². The van der Waals surface area contributed by atoms with Crippen LogP contribution in [0.15, 0.2) is 0 Å². The molecule has 0 aliphatic rings. The number of unbranched alkanes of at least 4 members (excludes halogenated alkanes) is 4. The Labute approximate surface area is 117 Å². The minimum atomic E-state index is -0.363. The van der Waals surface area contributed by atoms with Crippen molar-refractivity contribution in [3.8, 4) is 0 Å². The van der Waals surface area contributed by atoms with E-state index in [9.17, 15) is 5.11 Å². The highest BCUT2D eigenvalue weighted by molar-refractivity contribution is 7.98. The second-order valence-electron chi connectivity index (χ2n) is 4.69. The molecule has 0 aromatic rings. The number of hydrogen-bond donors (Lipinski definition) is 2. The Hall–Kier alpha value is 0.230. The number of aliphatic hydroxyl groups excluding tert-OH is 1. The summed E-state index contributed by atoms with van der Waals surface area (Å²) in [7, 11) is 0. The van der Waals surface area contributed by atoms with Crippen molar-refractivity contribution in [2.75, 3.05) is 38.3 Å². The molecule has 0 aliphatic heterocycles. The molecule has 1 atom stereocenters. The van der Waals surface area contributed by atoms with Crippen LogP contribution in [0.25, 0.3) is 0 Å². The molecule has 0 saturated carbocycles. The van der Waals surface area contributed by atoms with E-state index < -0.39 is 0 Å². The Kier molecular flexibility index (Phi) is 15.5. The Balaban J connectivity index is 3.08. The maximum absolute atomic E-state index is 9.63. The van der Waals surface area contributed by atoms with Crippen LogP contribution in [0.5, 0.6) is 0 Å². The van der Waals surface area contributed by atoms with E-state index in [1.165, 1.54) is 31.4 Å². The number of rotatable bonds is 14. The molecule has 0 heterocycles. The molecular weight excluding hydrogens is 246 g/mol. The predicted molar refractivity (Wildman–Crippen MR) is 81.5 cm³/mol. The van der Waals surface area contributed by atoms with Crippen LogP contribution < -0.4 is 5.32 Å². The van der Waals surface area contributed by atoms with E-state index in [1.807, 2.05) is 11.8 Å². The van der Waals surface area contributed by atoms with E-state index in [4.69, 9.17) is 4.74 Å². The van der Waals surface area contributed by atoms with Crippen molar-refractivity contribution in [1.29, 1.82) is 0 Å². The molecule has 0 bridgehead atoms. The van der Waals surface area contributed by atoms with Gasteiger partial charge in [0, 0.05) is 13.2 Å². The maximum atomic E-state index is 9.63. The molecule has 0 amide bonds. The monoisotopic (exact) mass is 277 g/mol. The SMILES string of the molecule is CCCCOCC(O)CNCCCCCCSC. The summed E-state index contributed by atoms with van der Waals surface area (Å²) >= 11 is 1.92. The number of thioether (sulfide) groups is 1. The first kappa shape index (κ1) is 18.2. The van der Waals surface area contributed by atoms with Crippen molar-refractivity contribution >= 4 is 11.8 Å². The highest BCUT2D eigenvalue weighted by Gasteiger charge is 2.02. The van der Waals surface area contributed by atoms with Gasteiger partial charge in [-0.25, -0.2) is 0 Å². The van der Waals surface area contributed by atoms with Crippen LogP contribution in [-0.4, -0.2) is 49.5 Å². The number of ether oxygens (including phenoxy) is 1. The van der Waals surface area contributed by atoms with Crippen molar-refractivity contribution in [2.24, 2.45) is 0 Å². The first-order valence-electron chi connectivity index (χ1n) is 7.26. The van der Waals surface area contributed by atoms with Gasteiger partial charge >= 0.3 is 0 Å². The molecule has 0 spiro atoms. The lowest BCUT2D eigenvalue weighted by atomic mass is 10.2. The van der Waals surface area contributed by atoms with Crippen LogP contribution in [0.1, 0.15) is 45.4 Å². The Morgan fingerprint density at radius 3 is 2.67 bits per heavy atom. The zero-order chi connectivity index (χ0) is 13.5. The lowest BCUT2D eigenvalue weighted by Crippen LogP contribution is -2.31. The fraction of sp³-hybridized carbons (Fsp3) is 1.00. The van der Waals surface area contributed by atoms with Gasteiger partial charge in [0.25, 0.3) is 0 Å². The van der Waals surface area contributed by atoms with Crippen molar-refractivity contribution in [2.45, 2.75) is 51.6 Å². The van der Waals surface area contributed by atoms with Gasteiger partial charge in [0.1, 0.15) is 0 Å². The van der Waals surface area contributed by atoms with Gasteiger partial charge in [0.15, 0.2) is 0 Å². The van der Waals surface area contributed by atoms with E-state index in [0.29, 0.717) is 13.2 Å². The Morgan fingerprint density at radius 2 is 1.94 bits per heavy atom. The molecule has 0 rings (SSSR count). The quantitative estimate of drug-likeness (QED) is 0.479. The van der Waals surface area contributed by atoms with Gasteiger partial charge in [-0.1, -0.05) is 26.2 Å². The van der Waals surface area contributed by atoms with Crippen LogP contribution in [0.3, 0.4) is 0 Å². The van der Waals surface area contributed by atoms with E-state index >= 15 is 0 Å². The molecule has 0 aliphatic carbocycles. The summed E-state index contributed by atoms with van der Waals surface area (Å²) in [6.07, 6.45) is 9.17. The summed E-state index contributed by atoms with van der Waals surface area (Å²) in [6, 6.07) is 0. The number of nitrogens with one attached hydrogen (secondary N) is 1.